The molecule has 17 heavy (non-hydrogen) atoms. The van der Waals surface area contributed by atoms with Crippen LogP contribution in [0.4, 0.5) is 0 Å². The summed E-state index contributed by atoms with van der Waals surface area (Å²) in [5.74, 6) is -1.08. The smallest absolute Gasteiger partial charge is 0.331 e. The van der Waals surface area contributed by atoms with Crippen LogP contribution in [0.5, 0.6) is 0 Å². The van der Waals surface area contributed by atoms with Gasteiger partial charge in [-0.1, -0.05) is 32.4 Å². The van der Waals surface area contributed by atoms with E-state index < -0.39 is 5.97 Å². The van der Waals surface area contributed by atoms with Crippen LogP contribution in [-0.4, -0.2) is 23.7 Å². The van der Waals surface area contributed by atoms with Crippen molar-refractivity contribution >= 4 is 11.9 Å². The molecule has 0 aromatic carbocycles. The highest BCUT2D eigenvalue weighted by Gasteiger charge is 2.11. The van der Waals surface area contributed by atoms with Gasteiger partial charge in [0.15, 0.2) is 0 Å². The molecule has 4 nitrogen and oxygen atoms in total. The van der Waals surface area contributed by atoms with Crippen LogP contribution >= 0.6 is 0 Å². The van der Waals surface area contributed by atoms with Crippen molar-refractivity contribution in [2.75, 3.05) is 6.61 Å². The number of carbonyl (C=O) groups is 2. The summed E-state index contributed by atoms with van der Waals surface area (Å²) in [5.41, 5.74) is 0.569. The van der Waals surface area contributed by atoms with Gasteiger partial charge in [-0.25, -0.2) is 9.59 Å². The quantitative estimate of drug-likeness (QED) is 0.440. The molecule has 96 valence electrons. The minimum atomic E-state index is -0.758. The third kappa shape index (κ3) is 8.25. The van der Waals surface area contributed by atoms with Crippen molar-refractivity contribution in [3.63, 3.8) is 0 Å². The molecule has 0 radical (unpaired) electrons. The van der Waals surface area contributed by atoms with Gasteiger partial charge in [0.1, 0.15) is 0 Å². The predicted octanol–water partition coefficient (Wildman–Crippen LogP) is 2.70. The van der Waals surface area contributed by atoms with Gasteiger partial charge in [-0.05, 0) is 19.3 Å². The third-order valence-electron chi connectivity index (χ3n) is 2.24. The van der Waals surface area contributed by atoms with Crippen molar-refractivity contribution in [2.24, 2.45) is 0 Å². The van der Waals surface area contributed by atoms with Gasteiger partial charge in [0.25, 0.3) is 0 Å². The second kappa shape index (κ2) is 9.63. The van der Waals surface area contributed by atoms with Crippen molar-refractivity contribution < 1.29 is 19.4 Å². The highest BCUT2D eigenvalue weighted by atomic mass is 16.5. The highest BCUT2D eigenvalue weighted by molar-refractivity contribution is 5.87. The molecule has 0 atom stereocenters. The fourth-order valence-electron chi connectivity index (χ4n) is 1.07. The van der Waals surface area contributed by atoms with Gasteiger partial charge in [-0.2, -0.15) is 0 Å². The average Bonchev–Trinajstić information content (AvgIpc) is 2.21. The van der Waals surface area contributed by atoms with E-state index in [-0.39, 0.29) is 5.97 Å². The van der Waals surface area contributed by atoms with Crippen molar-refractivity contribution in [3.05, 3.63) is 24.3 Å². The molecular formula is C13H20O4. The topological polar surface area (TPSA) is 63.6 Å². The maximum atomic E-state index is 10.4. The Hall–Kier alpha value is -1.58. The Morgan fingerprint density at radius 3 is 2.47 bits per heavy atom. The molecule has 0 spiro atoms. The fourth-order valence-corrected chi connectivity index (χ4v) is 1.07. The fraction of sp³-hybridized carbons (Fsp3) is 0.538. The van der Waals surface area contributed by atoms with Gasteiger partial charge < -0.3 is 9.84 Å². The Morgan fingerprint density at radius 1 is 1.53 bits per heavy atom. The van der Waals surface area contributed by atoms with Crippen LogP contribution in [0.25, 0.3) is 0 Å². The first-order chi connectivity index (χ1) is 8.11. The zero-order valence-corrected chi connectivity index (χ0v) is 10.3. The Morgan fingerprint density at radius 2 is 2.18 bits per heavy atom. The minimum Gasteiger partial charge on any atom is -0.478 e. The van der Waals surface area contributed by atoms with Crippen molar-refractivity contribution in [2.45, 2.75) is 39.0 Å². The van der Waals surface area contributed by atoms with E-state index in [4.69, 9.17) is 9.84 Å². The summed E-state index contributed by atoms with van der Waals surface area (Å²) in [7, 11) is 0. The van der Waals surface area contributed by atoms with Crippen molar-refractivity contribution in [1.82, 2.24) is 0 Å². The first kappa shape index (κ1) is 15.4. The zero-order chi connectivity index (χ0) is 13.1. The lowest BCUT2D eigenvalue weighted by Gasteiger charge is -2.06. The van der Waals surface area contributed by atoms with E-state index in [0.29, 0.717) is 12.2 Å². The van der Waals surface area contributed by atoms with E-state index in [1.807, 2.05) is 0 Å². The molecule has 0 saturated carbocycles. The van der Waals surface area contributed by atoms with Crippen LogP contribution in [0.2, 0.25) is 0 Å². The molecule has 1 aliphatic carbocycles. The summed E-state index contributed by atoms with van der Waals surface area (Å²) >= 11 is 0. The molecule has 1 aliphatic rings. The van der Waals surface area contributed by atoms with Gasteiger partial charge in [-0.3, -0.25) is 0 Å². The monoisotopic (exact) mass is 240 g/mol. The SMILES string of the molecule is C=CC(=O)OCCCCC.O=C(O)C1=CCC1. The number of hydrogen-bond donors (Lipinski definition) is 1. The number of carboxylic acid groups (broad SMARTS) is 1. The lowest BCUT2D eigenvalue weighted by Crippen LogP contribution is -2.05. The molecule has 4 heteroatoms. The molecule has 0 fully saturated rings. The molecule has 0 saturated heterocycles. The number of aliphatic carboxylic acids is 1. The number of rotatable bonds is 6. The Labute approximate surface area is 102 Å². The van der Waals surface area contributed by atoms with Gasteiger partial charge in [0, 0.05) is 11.6 Å². The lowest BCUT2D eigenvalue weighted by molar-refractivity contribution is -0.138. The van der Waals surface area contributed by atoms with Gasteiger partial charge in [0.2, 0.25) is 0 Å². The predicted molar refractivity (Wildman–Crippen MR) is 65.6 cm³/mol. The van der Waals surface area contributed by atoms with E-state index in [0.717, 1.165) is 32.1 Å². The second-order valence-corrected chi connectivity index (χ2v) is 3.65. The normalized spacial score (nSPS) is 12.4. The number of esters is 1. The van der Waals surface area contributed by atoms with Crippen LogP contribution in [0, 0.1) is 0 Å². The van der Waals surface area contributed by atoms with Gasteiger partial charge in [-0.15, -0.1) is 0 Å². The molecule has 0 heterocycles. The number of unbranched alkanes of at least 4 members (excludes halogenated alkanes) is 2. The zero-order valence-electron chi connectivity index (χ0n) is 10.3. The van der Waals surface area contributed by atoms with E-state index in [1.165, 1.54) is 6.08 Å². The van der Waals surface area contributed by atoms with Crippen LogP contribution in [0.15, 0.2) is 24.3 Å². The summed E-state index contributed by atoms with van der Waals surface area (Å²) in [4.78, 5) is 20.3. The van der Waals surface area contributed by atoms with Crippen molar-refractivity contribution in [3.8, 4) is 0 Å². The molecule has 0 amide bonds. The standard InChI is InChI=1S/C8H14O2.C5H6O2/c1-3-5-6-7-10-8(9)4-2;6-5(7)4-2-1-3-4/h4H,2-3,5-7H2,1H3;2H,1,3H2,(H,6,7). The van der Waals surface area contributed by atoms with E-state index in [2.05, 4.69) is 13.5 Å². The largest absolute Gasteiger partial charge is 0.478 e. The average molecular weight is 240 g/mol. The molecular weight excluding hydrogens is 220 g/mol. The maximum Gasteiger partial charge on any atom is 0.331 e. The van der Waals surface area contributed by atoms with Crippen LogP contribution in [0.3, 0.4) is 0 Å². The van der Waals surface area contributed by atoms with Crippen LogP contribution in [-0.2, 0) is 14.3 Å². The Bertz CT molecular complexity index is 292. The molecule has 1 rings (SSSR count). The maximum absolute atomic E-state index is 10.4. The number of ether oxygens (including phenoxy) is 1. The Balaban J connectivity index is 0.000000318. The number of hydrogen-bond acceptors (Lipinski definition) is 3. The van der Waals surface area contributed by atoms with Crippen LogP contribution in [0.1, 0.15) is 39.0 Å². The second-order valence-electron chi connectivity index (χ2n) is 3.65. The van der Waals surface area contributed by atoms with Gasteiger partial charge in [0.05, 0.1) is 6.61 Å². The Kier molecular flexibility index (Phi) is 8.74. The number of allylic oxidation sites excluding steroid dienone is 1. The van der Waals surface area contributed by atoms with E-state index in [9.17, 15) is 9.59 Å². The first-order valence-electron chi connectivity index (χ1n) is 5.83. The summed E-state index contributed by atoms with van der Waals surface area (Å²) in [6.07, 6.45) is 7.84. The minimum absolute atomic E-state index is 0.323. The number of carboxylic acids is 1. The molecule has 1 N–H and O–H groups in total. The van der Waals surface area contributed by atoms with E-state index in [1.54, 1.807) is 6.08 Å². The molecule has 0 aromatic heterocycles. The first-order valence-corrected chi connectivity index (χ1v) is 5.83. The number of carbonyl (C=O) groups excluding carboxylic acids is 1. The highest BCUT2D eigenvalue weighted by Crippen LogP contribution is 2.16. The summed E-state index contributed by atoms with van der Waals surface area (Å²) < 4.78 is 4.74. The van der Waals surface area contributed by atoms with Crippen molar-refractivity contribution in [1.29, 1.82) is 0 Å². The van der Waals surface area contributed by atoms with Gasteiger partial charge >= 0.3 is 11.9 Å². The summed E-state index contributed by atoms with van der Waals surface area (Å²) in [5, 5.41) is 8.16. The third-order valence-corrected chi connectivity index (χ3v) is 2.24. The summed E-state index contributed by atoms with van der Waals surface area (Å²) in [6.45, 7) is 5.92. The molecule has 0 bridgehead atoms. The van der Waals surface area contributed by atoms with E-state index >= 15 is 0 Å². The molecule has 0 aromatic rings. The summed E-state index contributed by atoms with van der Waals surface area (Å²) in [6, 6.07) is 0. The van der Waals surface area contributed by atoms with Crippen LogP contribution < -0.4 is 0 Å². The molecule has 0 unspecified atom stereocenters. The lowest BCUT2D eigenvalue weighted by atomic mass is 10.00. The molecule has 0 aliphatic heterocycles.